The number of aromatic nitrogens is 1. The molecular formula is C24H21N3O2S2. The Kier molecular flexibility index (Phi) is 5.08. The van der Waals surface area contributed by atoms with Gasteiger partial charge in [-0.05, 0) is 43.2 Å². The van der Waals surface area contributed by atoms with E-state index in [0.717, 1.165) is 42.7 Å². The highest BCUT2D eigenvalue weighted by Crippen LogP contribution is 2.45. The van der Waals surface area contributed by atoms with Gasteiger partial charge in [0, 0.05) is 29.5 Å². The molecular weight excluding hydrogens is 426 g/mol. The minimum absolute atomic E-state index is 0.0748. The zero-order valence-corrected chi connectivity index (χ0v) is 18.9. The van der Waals surface area contributed by atoms with E-state index in [-0.39, 0.29) is 11.8 Å². The summed E-state index contributed by atoms with van der Waals surface area (Å²) in [7, 11) is 0. The van der Waals surface area contributed by atoms with Gasteiger partial charge in [-0.15, -0.1) is 22.7 Å². The van der Waals surface area contributed by atoms with Gasteiger partial charge in [0.05, 0.1) is 16.8 Å². The van der Waals surface area contributed by atoms with Crippen LogP contribution in [0.4, 0.5) is 5.00 Å². The number of carbonyl (C=O) groups excluding carboxylic acids is 2. The molecule has 2 aromatic carbocycles. The summed E-state index contributed by atoms with van der Waals surface area (Å²) in [5, 5.41) is 4.85. The number of nitrogens with zero attached hydrogens (tertiary/aromatic N) is 2. The van der Waals surface area contributed by atoms with Crippen LogP contribution in [-0.4, -0.2) is 28.2 Å². The van der Waals surface area contributed by atoms with Crippen molar-refractivity contribution in [2.24, 2.45) is 0 Å². The summed E-state index contributed by atoms with van der Waals surface area (Å²) in [5.74, 6) is -0.0600. The van der Waals surface area contributed by atoms with E-state index in [4.69, 9.17) is 4.98 Å². The lowest BCUT2D eigenvalue weighted by molar-refractivity contribution is -0.129. The Morgan fingerprint density at radius 3 is 2.58 bits per heavy atom. The number of carbonyl (C=O) groups is 2. The van der Waals surface area contributed by atoms with Crippen molar-refractivity contribution in [3.63, 3.8) is 0 Å². The molecule has 0 atom stereocenters. The predicted octanol–water partition coefficient (Wildman–Crippen LogP) is 5.49. The topological polar surface area (TPSA) is 62.3 Å². The quantitative estimate of drug-likeness (QED) is 0.452. The third kappa shape index (κ3) is 3.75. The van der Waals surface area contributed by atoms with Gasteiger partial charge in [0.15, 0.2) is 0 Å². The molecule has 0 saturated carbocycles. The number of thiazole rings is 1. The third-order valence-electron chi connectivity index (χ3n) is 5.55. The average Bonchev–Trinajstić information content (AvgIpc) is 3.33. The molecule has 0 bridgehead atoms. The van der Waals surface area contributed by atoms with Crippen LogP contribution in [0.2, 0.25) is 0 Å². The number of anilines is 1. The number of nitrogens with one attached hydrogen (secondary N) is 1. The lowest BCUT2D eigenvalue weighted by Crippen LogP contribution is -2.33. The molecule has 2 aromatic heterocycles. The molecule has 0 spiro atoms. The van der Waals surface area contributed by atoms with Crippen LogP contribution in [0.15, 0.2) is 48.5 Å². The van der Waals surface area contributed by atoms with E-state index in [2.05, 4.69) is 11.4 Å². The molecule has 0 saturated heterocycles. The maximum atomic E-state index is 13.0. The lowest BCUT2D eigenvalue weighted by Gasteiger charge is -2.26. The average molecular weight is 448 g/mol. The Morgan fingerprint density at radius 2 is 1.84 bits per heavy atom. The number of benzene rings is 2. The van der Waals surface area contributed by atoms with Crippen LogP contribution < -0.4 is 5.32 Å². The lowest BCUT2D eigenvalue weighted by atomic mass is 10.0. The van der Waals surface area contributed by atoms with Crippen molar-refractivity contribution in [1.29, 1.82) is 0 Å². The molecule has 2 amide bonds. The van der Waals surface area contributed by atoms with Gasteiger partial charge >= 0.3 is 0 Å². The molecule has 1 aliphatic heterocycles. The van der Waals surface area contributed by atoms with Crippen LogP contribution in [0.5, 0.6) is 0 Å². The maximum absolute atomic E-state index is 13.0. The number of para-hydroxylation sites is 1. The van der Waals surface area contributed by atoms with E-state index in [1.807, 2.05) is 54.3 Å². The molecule has 31 heavy (non-hydrogen) atoms. The Morgan fingerprint density at radius 1 is 1.06 bits per heavy atom. The van der Waals surface area contributed by atoms with Gasteiger partial charge in [0.25, 0.3) is 5.91 Å². The molecule has 7 heteroatoms. The summed E-state index contributed by atoms with van der Waals surface area (Å²) in [6, 6.07) is 15.6. The van der Waals surface area contributed by atoms with Crippen molar-refractivity contribution >= 4 is 49.7 Å². The number of fused-ring (bicyclic) bond motifs is 2. The Bertz CT molecular complexity index is 1270. The summed E-state index contributed by atoms with van der Waals surface area (Å²) in [5.41, 5.74) is 4.89. The Balaban J connectivity index is 1.58. The van der Waals surface area contributed by atoms with E-state index in [1.54, 1.807) is 29.6 Å². The van der Waals surface area contributed by atoms with Crippen LogP contribution in [0.3, 0.4) is 0 Å². The third-order valence-corrected chi connectivity index (χ3v) is 7.74. The monoisotopic (exact) mass is 447 g/mol. The first-order valence-electron chi connectivity index (χ1n) is 10.1. The molecule has 0 fully saturated rings. The molecule has 0 aliphatic carbocycles. The Labute approximate surface area is 188 Å². The van der Waals surface area contributed by atoms with Crippen molar-refractivity contribution in [3.05, 3.63) is 70.1 Å². The zero-order valence-electron chi connectivity index (χ0n) is 17.3. The Hall–Kier alpha value is -3.03. The second-order valence-electron chi connectivity index (χ2n) is 7.71. The maximum Gasteiger partial charge on any atom is 0.256 e. The molecule has 0 unspecified atom stereocenters. The highest BCUT2D eigenvalue weighted by molar-refractivity contribution is 7.23. The minimum Gasteiger partial charge on any atom is -0.337 e. The first-order valence-corrected chi connectivity index (χ1v) is 11.8. The molecule has 5 rings (SSSR count). The van der Waals surface area contributed by atoms with E-state index >= 15 is 0 Å². The van der Waals surface area contributed by atoms with Crippen molar-refractivity contribution in [3.8, 4) is 10.6 Å². The highest BCUT2D eigenvalue weighted by atomic mass is 32.1. The van der Waals surface area contributed by atoms with Crippen LogP contribution in [0.25, 0.3) is 20.8 Å². The van der Waals surface area contributed by atoms with Gasteiger partial charge in [0.2, 0.25) is 5.91 Å². The number of hydrogen-bond donors (Lipinski definition) is 1. The van der Waals surface area contributed by atoms with Gasteiger partial charge in [-0.2, -0.15) is 0 Å². The van der Waals surface area contributed by atoms with Gasteiger partial charge in [0.1, 0.15) is 10.0 Å². The normalized spacial score (nSPS) is 13.3. The first kappa shape index (κ1) is 19.9. The zero-order chi connectivity index (χ0) is 21.5. The van der Waals surface area contributed by atoms with Gasteiger partial charge in [-0.1, -0.05) is 29.8 Å². The van der Waals surface area contributed by atoms with E-state index < -0.39 is 0 Å². The second kappa shape index (κ2) is 7.90. The van der Waals surface area contributed by atoms with E-state index in [0.29, 0.717) is 18.7 Å². The number of hydrogen-bond acceptors (Lipinski definition) is 5. The summed E-state index contributed by atoms with van der Waals surface area (Å²) in [6.07, 6.45) is 0.761. The van der Waals surface area contributed by atoms with Crippen molar-refractivity contribution < 1.29 is 9.59 Å². The summed E-state index contributed by atoms with van der Waals surface area (Å²) in [4.78, 5) is 32.7. The summed E-state index contributed by atoms with van der Waals surface area (Å²) in [6.45, 7) is 4.87. The largest absolute Gasteiger partial charge is 0.337 e. The standard InChI is InChI=1S/C24H21N3O2S2/c1-14-7-9-16(10-8-14)22(29)26-24-21(23-25-18-5-3-4-6-19(18)30-23)17-11-12-27(15(2)28)13-20(17)31-24/h3-10H,11-13H2,1-2H3,(H,26,29). The molecule has 156 valence electrons. The summed E-state index contributed by atoms with van der Waals surface area (Å²) >= 11 is 3.19. The molecule has 4 aromatic rings. The fraction of sp³-hybridized carbons (Fsp3) is 0.208. The minimum atomic E-state index is -0.135. The van der Waals surface area contributed by atoms with Crippen molar-refractivity contribution in [2.45, 2.75) is 26.8 Å². The smallest absolute Gasteiger partial charge is 0.256 e. The van der Waals surface area contributed by atoms with Gasteiger partial charge < -0.3 is 10.2 Å². The summed E-state index contributed by atoms with van der Waals surface area (Å²) < 4.78 is 1.12. The molecule has 0 radical (unpaired) electrons. The first-order chi connectivity index (χ1) is 15.0. The number of rotatable bonds is 3. The van der Waals surface area contributed by atoms with Gasteiger partial charge in [-0.3, -0.25) is 9.59 Å². The number of thiophene rings is 1. The van der Waals surface area contributed by atoms with E-state index in [1.165, 1.54) is 5.56 Å². The van der Waals surface area contributed by atoms with E-state index in [9.17, 15) is 9.59 Å². The van der Waals surface area contributed by atoms with Crippen LogP contribution in [-0.2, 0) is 17.8 Å². The van der Waals surface area contributed by atoms with Crippen molar-refractivity contribution in [1.82, 2.24) is 9.88 Å². The SMILES string of the molecule is CC(=O)N1CCc2c(sc(NC(=O)c3ccc(C)cc3)c2-c2nc3ccccc3s2)C1. The van der Waals surface area contributed by atoms with Crippen LogP contribution in [0, 0.1) is 6.92 Å². The highest BCUT2D eigenvalue weighted by Gasteiger charge is 2.28. The van der Waals surface area contributed by atoms with Gasteiger partial charge in [-0.25, -0.2) is 4.98 Å². The van der Waals surface area contributed by atoms with Crippen molar-refractivity contribution in [2.75, 3.05) is 11.9 Å². The van der Waals surface area contributed by atoms with Crippen LogP contribution >= 0.6 is 22.7 Å². The predicted molar refractivity (Wildman–Crippen MR) is 127 cm³/mol. The molecule has 1 N–H and O–H groups in total. The fourth-order valence-electron chi connectivity index (χ4n) is 3.85. The number of aryl methyl sites for hydroxylation is 1. The molecule has 1 aliphatic rings. The fourth-order valence-corrected chi connectivity index (χ4v) is 6.21. The molecule has 3 heterocycles. The number of amides is 2. The van der Waals surface area contributed by atoms with Crippen LogP contribution in [0.1, 0.15) is 33.3 Å². The second-order valence-corrected chi connectivity index (χ2v) is 9.84. The molecule has 5 nitrogen and oxygen atoms in total.